The Hall–Kier alpha value is -1.52. The van der Waals surface area contributed by atoms with E-state index >= 15 is 0 Å². The van der Waals surface area contributed by atoms with Crippen molar-refractivity contribution in [2.24, 2.45) is 5.73 Å². The molecule has 0 aliphatic rings. The van der Waals surface area contributed by atoms with Crippen LogP contribution in [0.3, 0.4) is 0 Å². The third-order valence-corrected chi connectivity index (χ3v) is 5.47. The van der Waals surface area contributed by atoms with Gasteiger partial charge in [0.05, 0.1) is 18.0 Å². The maximum Gasteiger partial charge on any atom is 0.155 e. The molecule has 0 bridgehead atoms. The molecule has 0 radical (unpaired) electrons. The van der Waals surface area contributed by atoms with Crippen LogP contribution >= 0.6 is 36.2 Å². The van der Waals surface area contributed by atoms with Crippen LogP contribution in [0.4, 0.5) is 5.82 Å². The number of hydrogen-bond donors (Lipinski definition) is 2. The number of anilines is 1. The van der Waals surface area contributed by atoms with Gasteiger partial charge >= 0.3 is 0 Å². The van der Waals surface area contributed by atoms with E-state index < -0.39 is 0 Å². The Kier molecular flexibility index (Phi) is 9.52. The lowest BCUT2D eigenvalue weighted by Gasteiger charge is -2.17. The Morgan fingerprint density at radius 1 is 1.29 bits per heavy atom. The monoisotopic (exact) mass is 447 g/mol. The maximum absolute atomic E-state index is 5.70. The van der Waals surface area contributed by atoms with E-state index in [4.69, 9.17) is 15.5 Å². The zero-order valence-electron chi connectivity index (χ0n) is 16.4. The van der Waals surface area contributed by atoms with Crippen LogP contribution in [0.5, 0.6) is 0 Å². The van der Waals surface area contributed by atoms with Crippen LogP contribution in [-0.2, 0) is 17.7 Å². The van der Waals surface area contributed by atoms with Gasteiger partial charge in [-0.25, -0.2) is 9.97 Å². The molecule has 0 fully saturated rings. The molecule has 0 aromatic carbocycles. The van der Waals surface area contributed by atoms with E-state index in [1.165, 1.54) is 10.4 Å². The molecule has 3 rings (SSSR count). The van der Waals surface area contributed by atoms with Crippen LogP contribution in [0.2, 0.25) is 0 Å². The summed E-state index contributed by atoms with van der Waals surface area (Å²) in [5.41, 5.74) is 6.91. The summed E-state index contributed by atoms with van der Waals surface area (Å²) in [5.74, 6) is 2.43. The van der Waals surface area contributed by atoms with Crippen molar-refractivity contribution in [1.82, 2.24) is 24.7 Å². The van der Waals surface area contributed by atoms with E-state index in [0.717, 1.165) is 27.7 Å². The summed E-state index contributed by atoms with van der Waals surface area (Å²) in [4.78, 5) is 11.6. The van der Waals surface area contributed by atoms with Crippen molar-refractivity contribution in [2.45, 2.75) is 39.8 Å². The second-order valence-corrected chi connectivity index (χ2v) is 7.44. The normalized spacial score (nSPS) is 11.8. The first-order valence-electron chi connectivity index (χ1n) is 8.65. The van der Waals surface area contributed by atoms with Crippen LogP contribution in [0, 0.1) is 13.8 Å². The summed E-state index contributed by atoms with van der Waals surface area (Å²) in [6.45, 7) is 8.11. The highest BCUT2D eigenvalue weighted by molar-refractivity contribution is 7.18. The van der Waals surface area contributed by atoms with Gasteiger partial charge in [-0.1, -0.05) is 0 Å². The number of methoxy groups -OCH3 is 1. The molecule has 0 aliphatic heterocycles. The molecule has 0 amide bonds. The van der Waals surface area contributed by atoms with Gasteiger partial charge in [-0.2, -0.15) is 0 Å². The fraction of sp³-hybridized carbons (Fsp3) is 0.529. The molecule has 0 aliphatic carbocycles. The first kappa shape index (κ1) is 24.5. The molecule has 0 spiro atoms. The van der Waals surface area contributed by atoms with Gasteiger partial charge in [0.25, 0.3) is 0 Å². The Morgan fingerprint density at radius 2 is 2.04 bits per heavy atom. The first-order chi connectivity index (χ1) is 12.5. The standard InChI is InChI=1S/C17H25N7OS.2ClH/c1-10-12(3)26-17-14(10)15(21-13(22-17)5-6-18)20-11(2)16-23-19-9-24(16)7-8-25-4;;/h9,11H,5-8,18H2,1-4H3,(H,20,21,22);2*1H. The molecule has 3 aromatic rings. The third kappa shape index (κ3) is 5.09. The molecule has 8 nitrogen and oxygen atoms in total. The van der Waals surface area contributed by atoms with Crippen molar-refractivity contribution < 1.29 is 4.74 Å². The Labute approximate surface area is 181 Å². The van der Waals surface area contributed by atoms with E-state index in [9.17, 15) is 0 Å². The quantitative estimate of drug-likeness (QED) is 0.546. The van der Waals surface area contributed by atoms with Gasteiger partial charge in [-0.05, 0) is 32.9 Å². The highest BCUT2D eigenvalue weighted by Gasteiger charge is 2.19. The van der Waals surface area contributed by atoms with Crippen molar-refractivity contribution in [2.75, 3.05) is 25.6 Å². The SMILES string of the molecule is COCCn1cnnc1C(C)Nc1nc(CCN)nc2sc(C)c(C)c12.Cl.Cl. The molecule has 0 saturated carbocycles. The molecule has 3 N–H and O–H groups in total. The van der Waals surface area contributed by atoms with Gasteiger partial charge in [0, 0.05) is 25.0 Å². The smallest absolute Gasteiger partial charge is 0.155 e. The molecule has 11 heteroatoms. The number of nitrogens with two attached hydrogens (primary N) is 1. The number of nitrogens with one attached hydrogen (secondary N) is 1. The summed E-state index contributed by atoms with van der Waals surface area (Å²) >= 11 is 1.69. The number of thiophene rings is 1. The van der Waals surface area contributed by atoms with E-state index in [-0.39, 0.29) is 30.9 Å². The molecular formula is C17H27Cl2N7OS. The van der Waals surface area contributed by atoms with Crippen LogP contribution in [-0.4, -0.2) is 45.0 Å². The van der Waals surface area contributed by atoms with Crippen LogP contribution in [0.25, 0.3) is 10.2 Å². The Morgan fingerprint density at radius 3 is 2.71 bits per heavy atom. The lowest BCUT2D eigenvalue weighted by atomic mass is 10.2. The van der Waals surface area contributed by atoms with Gasteiger partial charge in [0.2, 0.25) is 0 Å². The second kappa shape index (κ2) is 10.9. The summed E-state index contributed by atoms with van der Waals surface area (Å²) in [6, 6.07) is -0.0576. The first-order valence-corrected chi connectivity index (χ1v) is 9.46. The van der Waals surface area contributed by atoms with Crippen LogP contribution < -0.4 is 11.1 Å². The summed E-state index contributed by atoms with van der Waals surface area (Å²) in [5, 5.41) is 12.9. The second-order valence-electron chi connectivity index (χ2n) is 6.23. The average Bonchev–Trinajstić information content (AvgIpc) is 3.18. The molecule has 1 unspecified atom stereocenters. The summed E-state index contributed by atoms with van der Waals surface area (Å²) in [6.07, 6.45) is 2.38. The maximum atomic E-state index is 5.70. The highest BCUT2D eigenvalue weighted by atomic mass is 35.5. The average molecular weight is 448 g/mol. The number of fused-ring (bicyclic) bond motifs is 1. The minimum absolute atomic E-state index is 0. The topological polar surface area (TPSA) is 104 Å². The molecule has 0 saturated heterocycles. The number of hydrogen-bond acceptors (Lipinski definition) is 8. The molecule has 1 atom stereocenters. The molecule has 28 heavy (non-hydrogen) atoms. The van der Waals surface area contributed by atoms with E-state index in [1.54, 1.807) is 24.8 Å². The third-order valence-electron chi connectivity index (χ3n) is 4.37. The van der Waals surface area contributed by atoms with Crippen molar-refractivity contribution >= 4 is 52.2 Å². The predicted octanol–water partition coefficient (Wildman–Crippen LogP) is 3.06. The number of aryl methyl sites for hydroxylation is 2. The van der Waals surface area contributed by atoms with Crippen molar-refractivity contribution in [3.05, 3.63) is 28.4 Å². The van der Waals surface area contributed by atoms with Gasteiger partial charge in [0.1, 0.15) is 22.8 Å². The van der Waals surface area contributed by atoms with Crippen molar-refractivity contribution in [1.29, 1.82) is 0 Å². The zero-order chi connectivity index (χ0) is 18.7. The number of aromatic nitrogens is 5. The lowest BCUT2D eigenvalue weighted by molar-refractivity contribution is 0.186. The van der Waals surface area contributed by atoms with Crippen molar-refractivity contribution in [3.63, 3.8) is 0 Å². The molecular weight excluding hydrogens is 421 g/mol. The van der Waals surface area contributed by atoms with E-state index in [1.807, 2.05) is 4.57 Å². The number of nitrogens with zero attached hydrogens (tertiary/aromatic N) is 5. The Balaban J connectivity index is 0.00000196. The lowest BCUT2D eigenvalue weighted by Crippen LogP contribution is -2.17. The fourth-order valence-corrected chi connectivity index (χ4v) is 3.92. The summed E-state index contributed by atoms with van der Waals surface area (Å²) < 4.78 is 7.15. The predicted molar refractivity (Wildman–Crippen MR) is 118 cm³/mol. The molecule has 3 aromatic heterocycles. The van der Waals surface area contributed by atoms with E-state index in [2.05, 4.69) is 41.3 Å². The van der Waals surface area contributed by atoms with Gasteiger partial charge in [-0.3, -0.25) is 0 Å². The molecule has 156 valence electrons. The largest absolute Gasteiger partial charge is 0.383 e. The minimum atomic E-state index is -0.0576. The van der Waals surface area contributed by atoms with Crippen LogP contribution in [0.1, 0.15) is 35.1 Å². The van der Waals surface area contributed by atoms with Crippen LogP contribution in [0.15, 0.2) is 6.33 Å². The minimum Gasteiger partial charge on any atom is -0.383 e. The Bertz CT molecular complexity index is 899. The number of halogens is 2. The highest BCUT2D eigenvalue weighted by Crippen LogP contribution is 2.34. The molecule has 3 heterocycles. The number of ether oxygens (including phenoxy) is 1. The summed E-state index contributed by atoms with van der Waals surface area (Å²) in [7, 11) is 1.68. The van der Waals surface area contributed by atoms with Gasteiger partial charge < -0.3 is 20.4 Å². The fourth-order valence-electron chi connectivity index (χ4n) is 2.87. The van der Waals surface area contributed by atoms with Gasteiger partial charge in [0.15, 0.2) is 5.82 Å². The zero-order valence-corrected chi connectivity index (χ0v) is 18.9. The number of rotatable bonds is 8. The van der Waals surface area contributed by atoms with E-state index in [0.29, 0.717) is 26.1 Å². The van der Waals surface area contributed by atoms with Gasteiger partial charge in [-0.15, -0.1) is 46.3 Å². The van der Waals surface area contributed by atoms with Crippen molar-refractivity contribution in [3.8, 4) is 0 Å².